The second-order valence-corrected chi connectivity index (χ2v) is 5.69. The number of hydrogen-bond acceptors (Lipinski definition) is 1. The van der Waals surface area contributed by atoms with Crippen LogP contribution in [0.4, 0.5) is 0 Å². The van der Waals surface area contributed by atoms with Gasteiger partial charge >= 0.3 is 0 Å². The maximum absolute atomic E-state index is 5.32. The lowest BCUT2D eigenvalue weighted by molar-refractivity contribution is -1.07. The fraction of sp³-hybridized carbons (Fsp3) is 0.909. The molecule has 3 rings (SSSR count). The van der Waals surface area contributed by atoms with Crippen LogP contribution in [0.2, 0.25) is 0 Å². The Kier molecular flexibility index (Phi) is 3.08. The van der Waals surface area contributed by atoms with Gasteiger partial charge in [-0.3, -0.25) is 4.99 Å². The molecule has 92 valence electrons. The molecule has 3 heterocycles. The number of likely N-dealkylation sites (N-methyl/N-ethyl adjacent to an activating group) is 1. The van der Waals surface area contributed by atoms with Gasteiger partial charge in [-0.1, -0.05) is 0 Å². The minimum atomic E-state index is 0.224. The Morgan fingerprint density at radius 3 is 2.12 bits per heavy atom. The topological polar surface area (TPSA) is 64.4 Å². The van der Waals surface area contributed by atoms with Gasteiger partial charge in [0.2, 0.25) is 0 Å². The predicted molar refractivity (Wildman–Crippen MR) is 65.8 cm³/mol. The van der Waals surface area contributed by atoms with Crippen LogP contribution in [0.15, 0.2) is 4.99 Å². The van der Waals surface area contributed by atoms with Gasteiger partial charge in [-0.2, -0.15) is 0 Å². The van der Waals surface area contributed by atoms with Gasteiger partial charge in [0.1, 0.15) is 39.3 Å². The summed E-state index contributed by atoms with van der Waals surface area (Å²) in [7, 11) is 2.40. The highest BCUT2D eigenvalue weighted by molar-refractivity contribution is 5.75. The van der Waals surface area contributed by atoms with Crippen molar-refractivity contribution in [1.82, 2.24) is 0 Å². The molecule has 0 unspecified atom stereocenters. The fourth-order valence-electron chi connectivity index (χ4n) is 2.98. The van der Waals surface area contributed by atoms with Crippen molar-refractivity contribution in [3.8, 4) is 0 Å². The van der Waals surface area contributed by atoms with E-state index in [0.29, 0.717) is 0 Å². The number of nitrogens with zero attached hydrogens (tertiary/aromatic N) is 3. The van der Waals surface area contributed by atoms with Crippen molar-refractivity contribution in [3.05, 3.63) is 0 Å². The Morgan fingerprint density at radius 2 is 1.62 bits per heavy atom. The highest BCUT2D eigenvalue weighted by atomic mass is 15.5. The van der Waals surface area contributed by atoms with Crippen LogP contribution in [0, 0.1) is 0 Å². The summed E-state index contributed by atoms with van der Waals surface area (Å²) in [6.45, 7) is 10.1. The summed E-state index contributed by atoms with van der Waals surface area (Å²) in [5.41, 5.74) is 10.6. The molecule has 0 aliphatic carbocycles. The molecule has 0 amide bonds. The normalized spacial score (nSPS) is 37.3. The van der Waals surface area contributed by atoms with Crippen molar-refractivity contribution in [2.75, 3.05) is 59.4 Å². The number of guanidine groups is 1. The summed E-state index contributed by atoms with van der Waals surface area (Å²) < 4.78 is 2.61. The summed E-state index contributed by atoms with van der Waals surface area (Å²) in [4.78, 5) is 4.06. The number of aliphatic imine (C=N–C) groups is 1. The first kappa shape index (κ1) is 11.7. The summed E-state index contributed by atoms with van der Waals surface area (Å²) in [6.07, 6.45) is 1.11. The average molecular weight is 227 g/mol. The van der Waals surface area contributed by atoms with E-state index < -0.39 is 0 Å². The van der Waals surface area contributed by atoms with Crippen molar-refractivity contribution < 1.29 is 8.97 Å². The van der Waals surface area contributed by atoms with E-state index in [1.165, 1.54) is 54.8 Å². The van der Waals surface area contributed by atoms with Crippen molar-refractivity contribution >= 4 is 5.96 Å². The van der Waals surface area contributed by atoms with Gasteiger partial charge in [0.05, 0.1) is 13.6 Å². The Labute approximate surface area is 97.9 Å². The summed E-state index contributed by atoms with van der Waals surface area (Å²) >= 11 is 0. The number of hydrogen-bond donors (Lipinski definition) is 2. The van der Waals surface area contributed by atoms with Crippen LogP contribution in [0.1, 0.15) is 6.42 Å². The molecule has 0 aromatic carbocycles. The van der Waals surface area contributed by atoms with Gasteiger partial charge in [0, 0.05) is 13.0 Å². The molecule has 3 saturated heterocycles. The van der Waals surface area contributed by atoms with Crippen LogP contribution in [-0.4, -0.2) is 74.3 Å². The largest absolute Gasteiger partial charge is 0.370 e. The third-order valence-electron chi connectivity index (χ3n) is 4.43. The number of fused-ring (bicyclic) bond motifs is 3. The molecule has 2 bridgehead atoms. The van der Waals surface area contributed by atoms with E-state index in [1.807, 2.05) is 0 Å². The zero-order chi connectivity index (χ0) is 11.6. The molecule has 3 aliphatic rings. The zero-order valence-electron chi connectivity index (χ0n) is 10.4. The van der Waals surface area contributed by atoms with Gasteiger partial charge in [0.15, 0.2) is 5.96 Å². The minimum Gasteiger partial charge on any atom is -0.370 e. The molecule has 5 heteroatoms. The summed E-state index contributed by atoms with van der Waals surface area (Å²) in [6, 6.07) is 0. The second-order valence-electron chi connectivity index (χ2n) is 5.69. The molecule has 3 aliphatic heterocycles. The van der Waals surface area contributed by atoms with Crippen LogP contribution in [-0.2, 0) is 0 Å². The van der Waals surface area contributed by atoms with E-state index in [2.05, 4.69) is 12.0 Å². The second kappa shape index (κ2) is 4.22. The molecule has 0 atom stereocenters. The lowest BCUT2D eigenvalue weighted by Gasteiger charge is -2.54. The van der Waals surface area contributed by atoms with Crippen molar-refractivity contribution in [1.29, 1.82) is 0 Å². The minimum absolute atomic E-state index is 0.224. The smallest absolute Gasteiger partial charge is 0.185 e. The predicted octanol–water partition coefficient (Wildman–Crippen LogP) is -1.06. The highest BCUT2D eigenvalue weighted by Crippen LogP contribution is 2.24. The maximum atomic E-state index is 5.32. The van der Waals surface area contributed by atoms with E-state index in [1.54, 1.807) is 0 Å². The Morgan fingerprint density at radius 1 is 1.06 bits per heavy atom. The van der Waals surface area contributed by atoms with Gasteiger partial charge in [-0.05, 0) is 0 Å². The lowest BCUT2D eigenvalue weighted by Crippen LogP contribution is -2.73. The summed E-state index contributed by atoms with van der Waals surface area (Å²) in [5, 5.41) is 0. The first-order valence-corrected chi connectivity index (χ1v) is 6.28. The van der Waals surface area contributed by atoms with Crippen LogP contribution < -0.4 is 11.5 Å². The third-order valence-corrected chi connectivity index (χ3v) is 4.43. The van der Waals surface area contributed by atoms with Crippen LogP contribution in [0.5, 0.6) is 0 Å². The van der Waals surface area contributed by atoms with E-state index in [0.717, 1.165) is 13.0 Å². The quantitative estimate of drug-likeness (QED) is 0.278. The Balaban J connectivity index is 1.79. The molecular formula is C11H25N5+2. The van der Waals surface area contributed by atoms with Crippen LogP contribution >= 0.6 is 0 Å². The number of piperazine rings is 3. The molecular weight excluding hydrogens is 202 g/mol. The molecule has 0 spiro atoms. The van der Waals surface area contributed by atoms with E-state index in [4.69, 9.17) is 11.5 Å². The standard InChI is InChI=1S/C11H25N5/c1-15-5-8-16(9-6-15,10-7-15)4-2-3-14-11(12)13/h2-10H2,1H3,(H4,12,13,14)/q+2. The molecule has 0 radical (unpaired) electrons. The Bertz CT molecular complexity index is 258. The third kappa shape index (κ3) is 2.47. The molecule has 5 nitrogen and oxygen atoms in total. The Hall–Kier alpha value is -0.810. The van der Waals surface area contributed by atoms with Gasteiger partial charge in [0.25, 0.3) is 0 Å². The molecule has 0 aromatic rings. The van der Waals surface area contributed by atoms with E-state index in [-0.39, 0.29) is 5.96 Å². The number of quaternary nitrogens is 2. The van der Waals surface area contributed by atoms with Crippen LogP contribution in [0.25, 0.3) is 0 Å². The average Bonchev–Trinajstić information content (AvgIpc) is 2.27. The van der Waals surface area contributed by atoms with E-state index >= 15 is 0 Å². The van der Waals surface area contributed by atoms with E-state index in [9.17, 15) is 0 Å². The highest BCUT2D eigenvalue weighted by Gasteiger charge is 2.45. The van der Waals surface area contributed by atoms with Gasteiger partial charge in [-0.15, -0.1) is 0 Å². The SMILES string of the molecule is C[N+]12CC[N+](CCCN=C(N)N)(CC1)CC2. The molecule has 3 fully saturated rings. The van der Waals surface area contributed by atoms with Gasteiger partial charge in [-0.25, -0.2) is 0 Å². The first-order valence-electron chi connectivity index (χ1n) is 6.28. The van der Waals surface area contributed by atoms with Crippen molar-refractivity contribution in [2.45, 2.75) is 6.42 Å². The molecule has 0 saturated carbocycles. The zero-order valence-corrected chi connectivity index (χ0v) is 10.4. The summed E-state index contributed by atoms with van der Waals surface area (Å²) in [5.74, 6) is 0.224. The maximum Gasteiger partial charge on any atom is 0.185 e. The molecule has 16 heavy (non-hydrogen) atoms. The first-order chi connectivity index (χ1) is 7.54. The van der Waals surface area contributed by atoms with Crippen LogP contribution in [0.3, 0.4) is 0 Å². The number of nitrogens with two attached hydrogens (primary N) is 2. The van der Waals surface area contributed by atoms with Crippen molar-refractivity contribution in [3.63, 3.8) is 0 Å². The van der Waals surface area contributed by atoms with Crippen molar-refractivity contribution in [2.24, 2.45) is 16.5 Å². The molecule has 4 N–H and O–H groups in total. The molecule has 0 aromatic heterocycles. The fourth-order valence-corrected chi connectivity index (χ4v) is 2.98. The number of rotatable bonds is 4. The van der Waals surface area contributed by atoms with Gasteiger partial charge < -0.3 is 20.4 Å². The monoisotopic (exact) mass is 227 g/mol. The lowest BCUT2D eigenvalue weighted by atomic mass is 10.1.